The van der Waals surface area contributed by atoms with Crippen LogP contribution in [0.2, 0.25) is 0 Å². The van der Waals surface area contributed by atoms with E-state index in [-0.39, 0.29) is 10.9 Å². The number of para-hydroxylation sites is 10. The summed E-state index contributed by atoms with van der Waals surface area (Å²) >= 11 is 0. The van der Waals surface area contributed by atoms with Gasteiger partial charge < -0.3 is 28.4 Å². The van der Waals surface area contributed by atoms with E-state index < -0.39 is 0 Å². The van der Waals surface area contributed by atoms with Crippen molar-refractivity contribution in [3.63, 3.8) is 0 Å². The second-order valence-corrected chi connectivity index (χ2v) is 18.3. The summed E-state index contributed by atoms with van der Waals surface area (Å²) in [7, 11) is 0. The Morgan fingerprint density at radius 3 is 1.04 bits per heavy atom. The molecule has 2 aliphatic rings. The lowest BCUT2D eigenvalue weighted by atomic mass is 10.1. The normalized spacial score (nSPS) is 12.4. The average Bonchev–Trinajstić information content (AvgIpc) is 3.41. The van der Waals surface area contributed by atoms with Crippen LogP contribution >= 0.6 is 0 Å². The van der Waals surface area contributed by atoms with Crippen LogP contribution in [0, 0.1) is 0 Å². The highest BCUT2D eigenvalue weighted by Gasteiger charge is 2.28. The van der Waals surface area contributed by atoms with Gasteiger partial charge in [0, 0.05) is 46.0 Å². The number of ether oxygens (including phenoxy) is 2. The van der Waals surface area contributed by atoms with Crippen molar-refractivity contribution in [1.29, 1.82) is 0 Å². The minimum absolute atomic E-state index is 0.0806. The SMILES string of the molecule is CCCCCCn1c2ccccc2c(=O)c2cc(N3c4ccccc4Oc4ccccc43)ccc21.CCCCCCn1c2ccccc2c(=O)c2cc(N3c4ccccc4Oc4ccccc43)ccc21. The minimum Gasteiger partial charge on any atom is -0.453 e. The zero-order chi connectivity index (χ0) is 47.6. The number of benzene rings is 8. The van der Waals surface area contributed by atoms with Gasteiger partial charge in [-0.2, -0.15) is 0 Å². The predicted molar refractivity (Wildman–Crippen MR) is 289 cm³/mol. The van der Waals surface area contributed by atoms with Crippen molar-refractivity contribution < 1.29 is 9.47 Å². The van der Waals surface area contributed by atoms with Gasteiger partial charge in [0.15, 0.2) is 33.9 Å². The van der Waals surface area contributed by atoms with Crippen LogP contribution in [0.25, 0.3) is 43.6 Å². The molecule has 348 valence electrons. The lowest BCUT2D eigenvalue weighted by molar-refractivity contribution is 0.477. The Morgan fingerprint density at radius 1 is 0.343 bits per heavy atom. The molecule has 0 saturated heterocycles. The number of aryl methyl sites for hydroxylation is 2. The van der Waals surface area contributed by atoms with Crippen LogP contribution in [0.5, 0.6) is 23.0 Å². The van der Waals surface area contributed by atoms with Crippen molar-refractivity contribution in [2.24, 2.45) is 0 Å². The maximum Gasteiger partial charge on any atom is 0.197 e. The van der Waals surface area contributed by atoms with Gasteiger partial charge in [0.1, 0.15) is 0 Å². The number of nitrogens with zero attached hydrogens (tertiary/aromatic N) is 4. The van der Waals surface area contributed by atoms with Crippen molar-refractivity contribution in [1.82, 2.24) is 9.13 Å². The number of hydrogen-bond acceptors (Lipinski definition) is 6. The summed E-state index contributed by atoms with van der Waals surface area (Å²) in [6.45, 7) is 6.26. The van der Waals surface area contributed by atoms with Gasteiger partial charge in [-0.3, -0.25) is 9.59 Å². The van der Waals surface area contributed by atoms with Crippen LogP contribution in [-0.2, 0) is 13.1 Å². The van der Waals surface area contributed by atoms with E-state index in [9.17, 15) is 9.59 Å². The molecule has 2 aromatic heterocycles. The maximum atomic E-state index is 13.7. The van der Waals surface area contributed by atoms with E-state index in [1.165, 1.54) is 38.5 Å². The number of aromatic nitrogens is 2. The van der Waals surface area contributed by atoms with Crippen LogP contribution in [0.1, 0.15) is 65.2 Å². The highest BCUT2D eigenvalue weighted by molar-refractivity contribution is 5.99. The lowest BCUT2D eigenvalue weighted by Crippen LogP contribution is -2.17. The third kappa shape index (κ3) is 8.13. The summed E-state index contributed by atoms with van der Waals surface area (Å²) in [6.07, 6.45) is 9.46. The fourth-order valence-electron chi connectivity index (χ4n) is 10.4. The Kier molecular flexibility index (Phi) is 12.4. The van der Waals surface area contributed by atoms with E-state index in [1.807, 2.05) is 121 Å². The molecule has 10 aromatic rings. The quantitative estimate of drug-likeness (QED) is 0.0898. The molecule has 4 heterocycles. The molecule has 0 radical (unpaired) electrons. The van der Waals surface area contributed by atoms with Gasteiger partial charge in [0.25, 0.3) is 0 Å². The smallest absolute Gasteiger partial charge is 0.197 e. The highest BCUT2D eigenvalue weighted by Crippen LogP contribution is 2.52. The average molecular weight is 921 g/mol. The maximum absolute atomic E-state index is 13.7. The topological polar surface area (TPSA) is 68.9 Å². The largest absolute Gasteiger partial charge is 0.453 e. The summed E-state index contributed by atoms with van der Waals surface area (Å²) in [5.41, 5.74) is 9.92. The summed E-state index contributed by atoms with van der Waals surface area (Å²) in [4.78, 5) is 31.7. The van der Waals surface area contributed by atoms with Crippen molar-refractivity contribution in [3.8, 4) is 23.0 Å². The molecular weight excluding hydrogens is 865 g/mol. The first-order valence-corrected chi connectivity index (χ1v) is 24.9. The molecule has 0 saturated carbocycles. The molecule has 8 aromatic carbocycles. The molecule has 0 unspecified atom stereocenters. The molecule has 70 heavy (non-hydrogen) atoms. The number of unbranched alkanes of at least 4 members (excludes halogenated alkanes) is 6. The van der Waals surface area contributed by atoms with E-state index in [0.29, 0.717) is 0 Å². The molecular formula is C62H56N4O4. The van der Waals surface area contributed by atoms with Crippen molar-refractivity contribution in [2.45, 2.75) is 78.3 Å². The minimum atomic E-state index is 0.0806. The van der Waals surface area contributed by atoms with E-state index in [2.05, 4.69) is 93.4 Å². The van der Waals surface area contributed by atoms with E-state index >= 15 is 0 Å². The third-order valence-corrected chi connectivity index (χ3v) is 13.8. The number of hydrogen-bond donors (Lipinski definition) is 0. The first-order valence-electron chi connectivity index (χ1n) is 24.9. The fraction of sp³-hybridized carbons (Fsp3) is 0.194. The van der Waals surface area contributed by atoms with Crippen LogP contribution in [0.15, 0.2) is 192 Å². The molecule has 0 N–H and O–H groups in total. The first-order chi connectivity index (χ1) is 34.5. The van der Waals surface area contributed by atoms with Crippen molar-refractivity contribution in [2.75, 3.05) is 9.80 Å². The summed E-state index contributed by atoms with van der Waals surface area (Å²) in [5.74, 6) is 3.22. The number of pyridine rings is 2. The molecule has 0 amide bonds. The summed E-state index contributed by atoms with van der Waals surface area (Å²) in [6, 6.07) is 60.7. The fourth-order valence-corrected chi connectivity index (χ4v) is 10.4. The van der Waals surface area contributed by atoms with Crippen LogP contribution in [0.4, 0.5) is 34.1 Å². The zero-order valence-corrected chi connectivity index (χ0v) is 39.8. The van der Waals surface area contributed by atoms with Gasteiger partial charge in [-0.25, -0.2) is 0 Å². The van der Waals surface area contributed by atoms with E-state index in [1.54, 1.807) is 0 Å². The molecule has 0 fully saturated rings. The van der Waals surface area contributed by atoms with Crippen LogP contribution in [-0.4, -0.2) is 9.13 Å². The number of anilines is 6. The van der Waals surface area contributed by atoms with Gasteiger partial charge in [0.2, 0.25) is 0 Å². The van der Waals surface area contributed by atoms with Crippen LogP contribution < -0.4 is 30.1 Å². The van der Waals surface area contributed by atoms with Gasteiger partial charge in [-0.05, 0) is 122 Å². The van der Waals surface area contributed by atoms with E-state index in [0.717, 1.165) is 127 Å². The molecule has 0 bridgehead atoms. The molecule has 8 heteroatoms. The Morgan fingerprint density at radius 2 is 0.671 bits per heavy atom. The summed E-state index contributed by atoms with van der Waals surface area (Å²) in [5, 5.41) is 3.04. The zero-order valence-electron chi connectivity index (χ0n) is 39.8. The molecule has 0 atom stereocenters. The standard InChI is InChI=1S/2C31H28N2O2/c2*1-2-3-4-11-20-32-25-13-6-5-12-23(25)31(34)24-21-22(18-19-26(24)32)33-27-14-7-9-16-29(27)35-30-17-10-8-15-28(30)33/h2*5-10,12-19,21H,2-4,11,20H2,1H3. The van der Waals surface area contributed by atoms with Gasteiger partial charge in [-0.1, -0.05) is 125 Å². The second kappa shape index (κ2) is 19.5. The van der Waals surface area contributed by atoms with Gasteiger partial charge in [0.05, 0.1) is 44.8 Å². The van der Waals surface area contributed by atoms with Crippen molar-refractivity contribution in [3.05, 3.63) is 202 Å². The van der Waals surface area contributed by atoms with Crippen LogP contribution in [0.3, 0.4) is 0 Å². The first kappa shape index (κ1) is 44.4. The molecule has 8 nitrogen and oxygen atoms in total. The van der Waals surface area contributed by atoms with Gasteiger partial charge >= 0.3 is 0 Å². The number of rotatable bonds is 12. The predicted octanol–water partition coefficient (Wildman–Crippen LogP) is 16.6. The third-order valence-electron chi connectivity index (χ3n) is 13.8. The summed E-state index contributed by atoms with van der Waals surface area (Å²) < 4.78 is 17.0. The highest BCUT2D eigenvalue weighted by atomic mass is 16.5. The second-order valence-electron chi connectivity index (χ2n) is 18.3. The Balaban J connectivity index is 0.000000152. The number of fused-ring (bicyclic) bond motifs is 8. The van der Waals surface area contributed by atoms with Crippen molar-refractivity contribution >= 4 is 77.7 Å². The lowest BCUT2D eigenvalue weighted by Gasteiger charge is -2.33. The Bertz CT molecular complexity index is 3350. The monoisotopic (exact) mass is 920 g/mol. The van der Waals surface area contributed by atoms with Gasteiger partial charge in [-0.15, -0.1) is 0 Å². The Hall–Kier alpha value is -8.10. The van der Waals surface area contributed by atoms with E-state index in [4.69, 9.17) is 9.47 Å². The molecule has 0 spiro atoms. The molecule has 0 aliphatic carbocycles. The molecule has 2 aliphatic heterocycles. The Labute approximate surface area is 408 Å². The molecule has 12 rings (SSSR count).